The molecule has 6 nitrogen and oxygen atoms in total. The number of pyridine rings is 1. The van der Waals surface area contributed by atoms with E-state index in [0.717, 1.165) is 45.7 Å². The number of carbonyl (C=O) groups is 1. The van der Waals surface area contributed by atoms with Gasteiger partial charge < -0.3 is 9.13 Å². The van der Waals surface area contributed by atoms with Crippen molar-refractivity contribution in [3.63, 3.8) is 0 Å². The molecule has 158 valence electrons. The maximum Gasteiger partial charge on any atom is 0.191 e. The number of carbonyl (C=O) groups excluding carboxylic acids is 1. The minimum Gasteiger partial charge on any atom is -0.318 e. The summed E-state index contributed by atoms with van der Waals surface area (Å²) in [5.41, 5.74) is 6.00. The molecule has 0 saturated heterocycles. The molecule has 0 atom stereocenters. The molecule has 31 heavy (non-hydrogen) atoms. The Morgan fingerprint density at radius 3 is 2.39 bits per heavy atom. The maximum absolute atomic E-state index is 13.1. The van der Waals surface area contributed by atoms with E-state index in [0.29, 0.717) is 5.75 Å². The lowest BCUT2D eigenvalue weighted by atomic mass is 10.2. The molecule has 3 heterocycles. The molecule has 3 aromatic heterocycles. The number of thioether (sulfide) groups is 1. The summed E-state index contributed by atoms with van der Waals surface area (Å²) in [5, 5.41) is 9.41. The van der Waals surface area contributed by atoms with Gasteiger partial charge >= 0.3 is 0 Å². The number of rotatable bonds is 7. The lowest BCUT2D eigenvalue weighted by Gasteiger charge is -2.10. The van der Waals surface area contributed by atoms with Crippen molar-refractivity contribution in [3.05, 3.63) is 77.4 Å². The monoisotopic (exact) mass is 431 g/mol. The number of hydrogen-bond donors (Lipinski definition) is 0. The molecule has 0 spiro atoms. The first-order chi connectivity index (χ1) is 15.0. The minimum absolute atomic E-state index is 0.0903. The lowest BCUT2D eigenvalue weighted by molar-refractivity contribution is 0.102. The summed E-state index contributed by atoms with van der Waals surface area (Å²) >= 11 is 1.43. The van der Waals surface area contributed by atoms with Crippen LogP contribution in [0.3, 0.4) is 0 Å². The molecule has 0 aliphatic rings. The van der Waals surface area contributed by atoms with Crippen LogP contribution in [0.4, 0.5) is 0 Å². The Kier molecular flexibility index (Phi) is 6.04. The summed E-state index contributed by atoms with van der Waals surface area (Å²) in [4.78, 5) is 17.1. The normalized spacial score (nSPS) is 11.1. The van der Waals surface area contributed by atoms with Crippen LogP contribution in [0.5, 0.6) is 0 Å². The fourth-order valence-electron chi connectivity index (χ4n) is 3.74. The second kappa shape index (κ2) is 8.89. The quantitative estimate of drug-likeness (QED) is 0.303. The molecule has 0 unspecified atom stereocenters. The highest BCUT2D eigenvalue weighted by Gasteiger charge is 2.19. The van der Waals surface area contributed by atoms with Crippen LogP contribution in [0.2, 0.25) is 0 Å². The molecule has 0 radical (unpaired) electrons. The Labute approximate surface area is 186 Å². The standard InChI is InChI=1S/C24H25N5OS/c1-5-28-23(19-10-12-25-13-11-19)26-27-24(28)31-15-22(30)21-14-17(3)29(18(21)4)20-8-6-16(2)7-9-20/h6-14H,5,15H2,1-4H3. The molecule has 7 heteroatoms. The summed E-state index contributed by atoms with van der Waals surface area (Å²) in [6.07, 6.45) is 3.48. The molecule has 0 saturated carbocycles. The van der Waals surface area contributed by atoms with Gasteiger partial charge in [0.2, 0.25) is 0 Å². The lowest BCUT2D eigenvalue weighted by Crippen LogP contribution is -2.07. The molecule has 0 bridgehead atoms. The van der Waals surface area contributed by atoms with Crippen LogP contribution in [0.15, 0.2) is 60.0 Å². The molecule has 4 rings (SSSR count). The molecule has 0 fully saturated rings. The number of benzene rings is 1. The zero-order chi connectivity index (χ0) is 22.0. The molecular weight excluding hydrogens is 406 g/mol. The van der Waals surface area contributed by atoms with Gasteiger partial charge in [-0.3, -0.25) is 9.78 Å². The van der Waals surface area contributed by atoms with E-state index >= 15 is 0 Å². The van der Waals surface area contributed by atoms with Crippen LogP contribution in [-0.4, -0.2) is 35.9 Å². The van der Waals surface area contributed by atoms with Gasteiger partial charge in [0.05, 0.1) is 5.75 Å². The highest BCUT2D eigenvalue weighted by atomic mass is 32.2. The summed E-state index contributed by atoms with van der Waals surface area (Å²) in [5.74, 6) is 1.19. The van der Waals surface area contributed by atoms with Crippen LogP contribution < -0.4 is 0 Å². The third-order valence-electron chi connectivity index (χ3n) is 5.33. The number of aromatic nitrogens is 5. The maximum atomic E-state index is 13.1. The Balaban J connectivity index is 1.54. The molecule has 4 aromatic rings. The van der Waals surface area contributed by atoms with Crippen molar-refractivity contribution < 1.29 is 4.79 Å². The van der Waals surface area contributed by atoms with Crippen molar-refractivity contribution in [3.8, 4) is 17.1 Å². The summed E-state index contributed by atoms with van der Waals surface area (Å²) in [6, 6.07) is 14.1. The SMILES string of the molecule is CCn1c(SCC(=O)c2cc(C)n(-c3ccc(C)cc3)c2C)nnc1-c1ccncc1. The van der Waals surface area contributed by atoms with Gasteiger partial charge in [0, 0.05) is 47.1 Å². The van der Waals surface area contributed by atoms with Crippen LogP contribution in [0, 0.1) is 20.8 Å². The first-order valence-electron chi connectivity index (χ1n) is 10.2. The second-order valence-corrected chi connectivity index (χ2v) is 8.40. The van der Waals surface area contributed by atoms with Gasteiger partial charge in [0.15, 0.2) is 16.8 Å². The van der Waals surface area contributed by atoms with Gasteiger partial charge in [-0.15, -0.1) is 10.2 Å². The topological polar surface area (TPSA) is 65.6 Å². The third kappa shape index (κ3) is 4.18. The summed E-state index contributed by atoms with van der Waals surface area (Å²) in [6.45, 7) is 8.88. The third-order valence-corrected chi connectivity index (χ3v) is 6.29. The van der Waals surface area contributed by atoms with Crippen molar-refractivity contribution in [1.82, 2.24) is 24.3 Å². The van der Waals surface area contributed by atoms with Gasteiger partial charge in [-0.1, -0.05) is 29.5 Å². The van der Waals surface area contributed by atoms with Crippen LogP contribution >= 0.6 is 11.8 Å². The average molecular weight is 432 g/mol. The van der Waals surface area contributed by atoms with E-state index in [1.54, 1.807) is 12.4 Å². The van der Waals surface area contributed by atoms with Crippen molar-refractivity contribution in [2.24, 2.45) is 0 Å². The van der Waals surface area contributed by atoms with Crippen LogP contribution in [0.1, 0.15) is 34.2 Å². The number of hydrogen-bond acceptors (Lipinski definition) is 5. The van der Waals surface area contributed by atoms with Crippen LogP contribution in [0.25, 0.3) is 17.1 Å². The van der Waals surface area contributed by atoms with Crippen molar-refractivity contribution in [1.29, 1.82) is 0 Å². The largest absolute Gasteiger partial charge is 0.318 e. The Morgan fingerprint density at radius 2 is 1.71 bits per heavy atom. The molecule has 0 amide bonds. The average Bonchev–Trinajstić information content (AvgIpc) is 3.33. The highest BCUT2D eigenvalue weighted by molar-refractivity contribution is 7.99. The number of Topliss-reactive ketones (excluding diaryl/α,β-unsaturated/α-hetero) is 1. The first-order valence-corrected chi connectivity index (χ1v) is 11.2. The van der Waals surface area contributed by atoms with Crippen LogP contribution in [-0.2, 0) is 6.54 Å². The van der Waals surface area contributed by atoms with Crippen molar-refractivity contribution in [2.45, 2.75) is 39.4 Å². The molecular formula is C24H25N5OS. The van der Waals surface area contributed by atoms with Gasteiger partial charge in [-0.25, -0.2) is 0 Å². The zero-order valence-corrected chi connectivity index (χ0v) is 19.0. The highest BCUT2D eigenvalue weighted by Crippen LogP contribution is 2.26. The Morgan fingerprint density at radius 1 is 1.00 bits per heavy atom. The van der Waals surface area contributed by atoms with E-state index in [2.05, 4.69) is 57.9 Å². The van der Waals surface area contributed by atoms with Crippen molar-refractivity contribution in [2.75, 3.05) is 5.75 Å². The molecule has 0 N–H and O–H groups in total. The number of aryl methyl sites for hydroxylation is 2. The fourth-order valence-corrected chi connectivity index (χ4v) is 4.62. The summed E-state index contributed by atoms with van der Waals surface area (Å²) in [7, 11) is 0. The second-order valence-electron chi connectivity index (χ2n) is 7.45. The van der Waals surface area contributed by atoms with E-state index in [4.69, 9.17) is 0 Å². The van der Waals surface area contributed by atoms with E-state index in [9.17, 15) is 4.79 Å². The number of nitrogens with zero attached hydrogens (tertiary/aromatic N) is 5. The number of ketones is 1. The van der Waals surface area contributed by atoms with E-state index in [-0.39, 0.29) is 5.78 Å². The zero-order valence-electron chi connectivity index (χ0n) is 18.2. The Bertz CT molecular complexity index is 1210. The van der Waals surface area contributed by atoms with E-state index in [1.807, 2.05) is 36.6 Å². The minimum atomic E-state index is 0.0903. The van der Waals surface area contributed by atoms with E-state index in [1.165, 1.54) is 17.3 Å². The molecule has 0 aliphatic carbocycles. The Hall–Kier alpha value is -3.19. The van der Waals surface area contributed by atoms with Gasteiger partial charge in [0.25, 0.3) is 0 Å². The first kappa shape index (κ1) is 21.1. The van der Waals surface area contributed by atoms with E-state index < -0.39 is 0 Å². The fraction of sp³-hybridized carbons (Fsp3) is 0.250. The smallest absolute Gasteiger partial charge is 0.191 e. The van der Waals surface area contributed by atoms with Crippen molar-refractivity contribution >= 4 is 17.5 Å². The van der Waals surface area contributed by atoms with Gasteiger partial charge in [0.1, 0.15) is 0 Å². The van der Waals surface area contributed by atoms with Gasteiger partial charge in [-0.2, -0.15) is 0 Å². The predicted octanol–water partition coefficient (Wildman–Crippen LogP) is 5.05. The van der Waals surface area contributed by atoms with Gasteiger partial charge in [-0.05, 0) is 58.0 Å². The molecule has 0 aliphatic heterocycles. The summed E-state index contributed by atoms with van der Waals surface area (Å²) < 4.78 is 4.16. The predicted molar refractivity (Wildman–Crippen MR) is 124 cm³/mol. The molecule has 1 aromatic carbocycles.